The van der Waals surface area contributed by atoms with Gasteiger partial charge in [-0.2, -0.15) is 5.10 Å². The summed E-state index contributed by atoms with van der Waals surface area (Å²) in [5.74, 6) is -0.126. The highest BCUT2D eigenvalue weighted by molar-refractivity contribution is 7.10. The van der Waals surface area contributed by atoms with Gasteiger partial charge in [-0.1, -0.05) is 6.07 Å². The zero-order valence-corrected chi connectivity index (χ0v) is 10.1. The second-order valence-corrected chi connectivity index (χ2v) is 4.55. The van der Waals surface area contributed by atoms with Crippen molar-refractivity contribution in [2.45, 2.75) is 26.7 Å². The summed E-state index contributed by atoms with van der Waals surface area (Å²) in [6, 6.07) is 3.80. The molecule has 5 heteroatoms. The average Bonchev–Trinajstić information content (AvgIpc) is 2.66. The van der Waals surface area contributed by atoms with E-state index in [1.807, 2.05) is 17.5 Å². The van der Waals surface area contributed by atoms with E-state index < -0.39 is 0 Å². The highest BCUT2D eigenvalue weighted by atomic mass is 32.1. The minimum Gasteiger partial charge on any atom is -0.300 e. The largest absolute Gasteiger partial charge is 0.300 e. The molecule has 0 atom stereocenters. The summed E-state index contributed by atoms with van der Waals surface area (Å²) in [7, 11) is 0. The minimum atomic E-state index is -0.162. The number of thiophene rings is 1. The van der Waals surface area contributed by atoms with Crippen LogP contribution in [0, 0.1) is 0 Å². The van der Waals surface area contributed by atoms with Crippen molar-refractivity contribution in [1.29, 1.82) is 0 Å². The number of hydrogen-bond acceptors (Lipinski definition) is 4. The SMILES string of the molecule is CC(=O)CC(C)=NNC(=O)Cc1cccs1. The number of carbonyl (C=O) groups is 2. The Bertz CT molecular complexity index is 396. The maximum Gasteiger partial charge on any atom is 0.245 e. The molecule has 0 saturated heterocycles. The van der Waals surface area contributed by atoms with Gasteiger partial charge in [0.15, 0.2) is 0 Å². The Hall–Kier alpha value is -1.49. The van der Waals surface area contributed by atoms with Crippen LogP contribution in [0.25, 0.3) is 0 Å². The van der Waals surface area contributed by atoms with Gasteiger partial charge in [-0.15, -0.1) is 11.3 Å². The predicted octanol–water partition coefficient (Wildman–Crippen LogP) is 1.76. The van der Waals surface area contributed by atoms with Crippen molar-refractivity contribution < 1.29 is 9.59 Å². The van der Waals surface area contributed by atoms with E-state index in [1.165, 1.54) is 18.3 Å². The van der Waals surface area contributed by atoms with Crippen molar-refractivity contribution in [3.63, 3.8) is 0 Å². The number of hydrogen-bond donors (Lipinski definition) is 1. The fraction of sp³-hybridized carbons (Fsp3) is 0.364. The van der Waals surface area contributed by atoms with E-state index in [9.17, 15) is 9.59 Å². The molecular weight excluding hydrogens is 224 g/mol. The Morgan fingerprint density at radius 2 is 2.19 bits per heavy atom. The van der Waals surface area contributed by atoms with Crippen molar-refractivity contribution in [3.05, 3.63) is 22.4 Å². The van der Waals surface area contributed by atoms with Crippen LogP contribution in [0.3, 0.4) is 0 Å². The van der Waals surface area contributed by atoms with Gasteiger partial charge in [0, 0.05) is 17.0 Å². The van der Waals surface area contributed by atoms with E-state index in [1.54, 1.807) is 6.92 Å². The molecule has 1 amide bonds. The molecule has 1 rings (SSSR count). The number of hydrazone groups is 1. The Labute approximate surface area is 98.4 Å². The standard InChI is InChI=1S/C11H14N2O2S/c1-8(6-9(2)14)12-13-11(15)7-10-4-3-5-16-10/h3-5H,6-7H2,1-2H3,(H,13,15). The third-order valence-corrected chi connectivity index (χ3v) is 2.67. The molecule has 0 fully saturated rings. The molecule has 0 aliphatic heterocycles. The van der Waals surface area contributed by atoms with Gasteiger partial charge in [0.05, 0.1) is 6.42 Å². The van der Waals surface area contributed by atoms with E-state index in [4.69, 9.17) is 0 Å². The number of Topliss-reactive ketones (excluding diaryl/α,β-unsaturated/α-hetero) is 1. The van der Waals surface area contributed by atoms with Crippen LogP contribution < -0.4 is 5.43 Å². The summed E-state index contributed by atoms with van der Waals surface area (Å²) in [4.78, 5) is 23.2. The number of rotatable bonds is 5. The molecule has 1 heterocycles. The molecule has 4 nitrogen and oxygen atoms in total. The number of ketones is 1. The summed E-state index contributed by atoms with van der Waals surface area (Å²) in [6.07, 6.45) is 0.605. The Morgan fingerprint density at radius 3 is 2.75 bits per heavy atom. The molecule has 86 valence electrons. The van der Waals surface area contributed by atoms with E-state index in [0.717, 1.165) is 4.88 Å². The second kappa shape index (κ2) is 6.17. The van der Waals surface area contributed by atoms with Crippen LogP contribution in [0.2, 0.25) is 0 Å². The van der Waals surface area contributed by atoms with Crippen LogP contribution in [0.5, 0.6) is 0 Å². The lowest BCUT2D eigenvalue weighted by Crippen LogP contribution is -2.21. The summed E-state index contributed by atoms with van der Waals surface area (Å²) < 4.78 is 0. The van der Waals surface area contributed by atoms with E-state index in [2.05, 4.69) is 10.5 Å². The van der Waals surface area contributed by atoms with Crippen LogP contribution in [0.15, 0.2) is 22.6 Å². The Morgan fingerprint density at radius 1 is 1.44 bits per heavy atom. The third-order valence-electron chi connectivity index (χ3n) is 1.79. The van der Waals surface area contributed by atoms with Crippen LogP contribution in [-0.4, -0.2) is 17.4 Å². The summed E-state index contributed by atoms with van der Waals surface area (Å²) >= 11 is 1.53. The van der Waals surface area contributed by atoms with Crippen molar-refractivity contribution >= 4 is 28.7 Å². The second-order valence-electron chi connectivity index (χ2n) is 3.52. The zero-order valence-electron chi connectivity index (χ0n) is 9.32. The lowest BCUT2D eigenvalue weighted by Gasteiger charge is -1.99. The van der Waals surface area contributed by atoms with Gasteiger partial charge in [0.2, 0.25) is 5.91 Å². The monoisotopic (exact) mass is 238 g/mol. The van der Waals surface area contributed by atoms with Crippen molar-refractivity contribution in [3.8, 4) is 0 Å². The van der Waals surface area contributed by atoms with Gasteiger partial charge in [-0.05, 0) is 25.3 Å². The lowest BCUT2D eigenvalue weighted by atomic mass is 10.2. The molecule has 0 bridgehead atoms. The normalized spacial score (nSPS) is 11.2. The molecule has 0 aliphatic carbocycles. The van der Waals surface area contributed by atoms with Crippen molar-refractivity contribution in [1.82, 2.24) is 5.43 Å². The molecule has 1 aromatic rings. The molecule has 0 unspecified atom stereocenters. The topological polar surface area (TPSA) is 58.5 Å². The maximum atomic E-state index is 11.4. The first-order valence-electron chi connectivity index (χ1n) is 4.91. The van der Waals surface area contributed by atoms with Crippen molar-refractivity contribution in [2.75, 3.05) is 0 Å². The lowest BCUT2D eigenvalue weighted by molar-refractivity contribution is -0.120. The average molecular weight is 238 g/mol. The molecule has 16 heavy (non-hydrogen) atoms. The first-order chi connectivity index (χ1) is 7.58. The first-order valence-corrected chi connectivity index (χ1v) is 5.79. The number of nitrogens with zero attached hydrogens (tertiary/aromatic N) is 1. The van der Waals surface area contributed by atoms with Crippen LogP contribution in [0.1, 0.15) is 25.1 Å². The minimum absolute atomic E-state index is 0.0359. The van der Waals surface area contributed by atoms with Crippen LogP contribution >= 0.6 is 11.3 Å². The maximum absolute atomic E-state index is 11.4. The predicted molar refractivity (Wildman–Crippen MR) is 64.6 cm³/mol. The van der Waals surface area contributed by atoms with E-state index in [0.29, 0.717) is 12.1 Å². The van der Waals surface area contributed by atoms with Gasteiger partial charge in [0.1, 0.15) is 5.78 Å². The molecular formula is C11H14N2O2S. The van der Waals surface area contributed by atoms with E-state index >= 15 is 0 Å². The fourth-order valence-electron chi connectivity index (χ4n) is 1.17. The smallest absolute Gasteiger partial charge is 0.245 e. The summed E-state index contributed by atoms with van der Waals surface area (Å²) in [5, 5.41) is 5.77. The third kappa shape index (κ3) is 4.84. The van der Waals surface area contributed by atoms with Gasteiger partial charge >= 0.3 is 0 Å². The summed E-state index contributed by atoms with van der Waals surface area (Å²) in [6.45, 7) is 3.21. The number of amides is 1. The molecule has 0 aromatic carbocycles. The van der Waals surface area contributed by atoms with Crippen LogP contribution in [0.4, 0.5) is 0 Å². The Kier molecular flexibility index (Phi) is 4.85. The highest BCUT2D eigenvalue weighted by Gasteiger charge is 2.03. The molecule has 0 spiro atoms. The quantitative estimate of drug-likeness (QED) is 0.627. The molecule has 1 N–H and O–H groups in total. The first kappa shape index (κ1) is 12.6. The van der Waals surface area contributed by atoms with E-state index in [-0.39, 0.29) is 18.1 Å². The number of nitrogens with one attached hydrogen (secondary N) is 1. The van der Waals surface area contributed by atoms with Gasteiger partial charge in [-0.3, -0.25) is 9.59 Å². The molecule has 0 saturated carbocycles. The van der Waals surface area contributed by atoms with Crippen LogP contribution in [-0.2, 0) is 16.0 Å². The molecule has 0 aliphatic rings. The van der Waals surface area contributed by atoms with Gasteiger partial charge in [-0.25, -0.2) is 5.43 Å². The van der Waals surface area contributed by atoms with Crippen molar-refractivity contribution in [2.24, 2.45) is 5.10 Å². The molecule has 1 aromatic heterocycles. The van der Waals surface area contributed by atoms with Gasteiger partial charge in [0.25, 0.3) is 0 Å². The number of carbonyl (C=O) groups excluding carboxylic acids is 2. The zero-order chi connectivity index (χ0) is 12.0. The molecule has 0 radical (unpaired) electrons. The Balaban J connectivity index is 2.37. The fourth-order valence-corrected chi connectivity index (χ4v) is 1.87. The highest BCUT2D eigenvalue weighted by Crippen LogP contribution is 2.08. The van der Waals surface area contributed by atoms with Gasteiger partial charge < -0.3 is 0 Å². The summed E-state index contributed by atoms with van der Waals surface area (Å²) in [5.41, 5.74) is 3.05.